The summed E-state index contributed by atoms with van der Waals surface area (Å²) < 4.78 is 5.23. The topological polar surface area (TPSA) is 26.3 Å². The molecule has 1 aliphatic rings. The molecule has 0 aromatic heterocycles. The van der Waals surface area contributed by atoms with Crippen molar-refractivity contribution in [2.75, 3.05) is 0 Å². The molecule has 0 aliphatic carbocycles. The molecule has 1 saturated heterocycles. The first-order valence-electron chi connectivity index (χ1n) is 4.65. The van der Waals surface area contributed by atoms with Gasteiger partial charge in [-0.15, -0.1) is 0 Å². The zero-order valence-electron chi connectivity index (χ0n) is 8.07. The van der Waals surface area contributed by atoms with Gasteiger partial charge in [0.15, 0.2) is 0 Å². The van der Waals surface area contributed by atoms with Crippen LogP contribution in [0.3, 0.4) is 0 Å². The first-order valence-corrected chi connectivity index (χ1v) is 4.65. The number of hydrogen-bond acceptors (Lipinski definition) is 2. The average Bonchev–Trinajstić information content (AvgIpc) is 2.47. The molecule has 1 heterocycles. The Bertz CT molecular complexity index is 367. The maximum Gasteiger partial charge on any atom is 0.334 e. The van der Waals surface area contributed by atoms with Crippen LogP contribution < -0.4 is 0 Å². The van der Waals surface area contributed by atoms with Crippen LogP contribution in [0.1, 0.15) is 18.6 Å². The van der Waals surface area contributed by atoms with Gasteiger partial charge < -0.3 is 4.74 Å². The van der Waals surface area contributed by atoms with Crippen LogP contribution >= 0.6 is 0 Å². The fraction of sp³-hybridized carbons (Fsp3) is 0.250. The molecule has 14 heavy (non-hydrogen) atoms. The van der Waals surface area contributed by atoms with Crippen molar-refractivity contribution in [1.29, 1.82) is 0 Å². The number of rotatable bonds is 1. The SMILES string of the molecule is C=C1C(=O)O[C@@H](c2ccccc2)[C@H]1C. The highest BCUT2D eigenvalue weighted by molar-refractivity contribution is 5.90. The molecule has 2 nitrogen and oxygen atoms in total. The summed E-state index contributed by atoms with van der Waals surface area (Å²) in [4.78, 5) is 11.2. The quantitative estimate of drug-likeness (QED) is 0.500. The van der Waals surface area contributed by atoms with Crippen LogP contribution in [0.5, 0.6) is 0 Å². The Hall–Kier alpha value is -1.57. The zero-order valence-corrected chi connectivity index (χ0v) is 8.07. The predicted octanol–water partition coefficient (Wildman–Crippen LogP) is 2.48. The normalized spacial score (nSPS) is 26.4. The monoisotopic (exact) mass is 188 g/mol. The van der Waals surface area contributed by atoms with E-state index in [0.717, 1.165) is 5.56 Å². The minimum Gasteiger partial charge on any atom is -0.453 e. The van der Waals surface area contributed by atoms with Crippen molar-refractivity contribution in [2.24, 2.45) is 5.92 Å². The molecular formula is C12H12O2. The third kappa shape index (κ3) is 1.33. The van der Waals surface area contributed by atoms with Crippen LogP contribution in [0.2, 0.25) is 0 Å². The van der Waals surface area contributed by atoms with Crippen LogP contribution in [-0.4, -0.2) is 5.97 Å². The van der Waals surface area contributed by atoms with E-state index >= 15 is 0 Å². The Morgan fingerprint density at radius 2 is 1.93 bits per heavy atom. The van der Waals surface area contributed by atoms with Crippen molar-refractivity contribution in [3.8, 4) is 0 Å². The highest BCUT2D eigenvalue weighted by Crippen LogP contribution is 2.37. The number of carbonyl (C=O) groups is 1. The minimum absolute atomic E-state index is 0.0740. The van der Waals surface area contributed by atoms with Gasteiger partial charge in [0.25, 0.3) is 0 Å². The minimum atomic E-state index is -0.272. The van der Waals surface area contributed by atoms with Crippen molar-refractivity contribution < 1.29 is 9.53 Å². The molecular weight excluding hydrogens is 176 g/mol. The molecule has 72 valence electrons. The number of hydrogen-bond donors (Lipinski definition) is 0. The maximum atomic E-state index is 11.2. The molecule has 0 bridgehead atoms. The molecule has 2 atom stereocenters. The zero-order chi connectivity index (χ0) is 10.1. The summed E-state index contributed by atoms with van der Waals surface area (Å²) >= 11 is 0. The van der Waals surface area contributed by atoms with Gasteiger partial charge in [0.2, 0.25) is 0 Å². The van der Waals surface area contributed by atoms with Gasteiger partial charge in [-0.3, -0.25) is 0 Å². The summed E-state index contributed by atoms with van der Waals surface area (Å²) in [7, 11) is 0. The lowest BCUT2D eigenvalue weighted by molar-refractivity contribution is -0.139. The van der Waals surface area contributed by atoms with Crippen molar-refractivity contribution in [1.82, 2.24) is 0 Å². The predicted molar refractivity (Wildman–Crippen MR) is 53.6 cm³/mol. The second kappa shape index (κ2) is 3.29. The van der Waals surface area contributed by atoms with Crippen molar-refractivity contribution in [3.05, 3.63) is 48.0 Å². The first-order chi connectivity index (χ1) is 6.70. The number of carbonyl (C=O) groups excluding carboxylic acids is 1. The number of ether oxygens (including phenoxy) is 1. The lowest BCUT2D eigenvalue weighted by atomic mass is 9.94. The standard InChI is InChI=1S/C12H12O2/c1-8-9(2)12(13)14-11(8)10-6-4-3-5-7-10/h3-8,11H,2H2,1H3/t8-,11+/m0/s1. The van der Waals surface area contributed by atoms with E-state index < -0.39 is 0 Å². The third-order valence-corrected chi connectivity index (χ3v) is 2.63. The van der Waals surface area contributed by atoms with Gasteiger partial charge in [0, 0.05) is 11.5 Å². The highest BCUT2D eigenvalue weighted by Gasteiger charge is 2.35. The molecule has 2 rings (SSSR count). The van der Waals surface area contributed by atoms with Crippen LogP contribution in [0.25, 0.3) is 0 Å². The molecule has 0 saturated carbocycles. The largest absolute Gasteiger partial charge is 0.453 e. The van der Waals surface area contributed by atoms with E-state index in [1.165, 1.54) is 0 Å². The van der Waals surface area contributed by atoms with Gasteiger partial charge in [-0.25, -0.2) is 4.79 Å². The Morgan fingerprint density at radius 1 is 1.29 bits per heavy atom. The van der Waals surface area contributed by atoms with Crippen LogP contribution in [0, 0.1) is 5.92 Å². The van der Waals surface area contributed by atoms with Crippen molar-refractivity contribution >= 4 is 5.97 Å². The van der Waals surface area contributed by atoms with E-state index in [2.05, 4.69) is 6.58 Å². The molecule has 1 aromatic carbocycles. The lowest BCUT2D eigenvalue weighted by Gasteiger charge is -2.13. The molecule has 0 radical (unpaired) electrons. The molecule has 1 aromatic rings. The highest BCUT2D eigenvalue weighted by atomic mass is 16.6. The number of cyclic esters (lactones) is 1. The van der Waals surface area contributed by atoms with E-state index in [1.807, 2.05) is 37.3 Å². The van der Waals surface area contributed by atoms with Gasteiger partial charge in [0.1, 0.15) is 6.10 Å². The number of esters is 1. The summed E-state index contributed by atoms with van der Waals surface area (Å²) in [5.74, 6) is -0.198. The molecule has 1 fully saturated rings. The van der Waals surface area contributed by atoms with Gasteiger partial charge >= 0.3 is 5.97 Å². The average molecular weight is 188 g/mol. The maximum absolute atomic E-state index is 11.2. The summed E-state index contributed by atoms with van der Waals surface area (Å²) in [6, 6.07) is 9.76. The van der Waals surface area contributed by atoms with Gasteiger partial charge in [-0.2, -0.15) is 0 Å². The molecule has 1 aliphatic heterocycles. The summed E-state index contributed by atoms with van der Waals surface area (Å²) in [5, 5.41) is 0. The van der Waals surface area contributed by atoms with Gasteiger partial charge in [0.05, 0.1) is 0 Å². The molecule has 0 amide bonds. The van der Waals surface area contributed by atoms with Crippen LogP contribution in [-0.2, 0) is 9.53 Å². The first kappa shape index (κ1) is 9.00. The summed E-state index contributed by atoms with van der Waals surface area (Å²) in [6.07, 6.45) is -0.156. The molecule has 0 N–H and O–H groups in total. The van der Waals surface area contributed by atoms with E-state index in [1.54, 1.807) is 0 Å². The van der Waals surface area contributed by atoms with Gasteiger partial charge in [-0.05, 0) is 5.56 Å². The van der Waals surface area contributed by atoms with Crippen molar-refractivity contribution in [2.45, 2.75) is 13.0 Å². The number of benzene rings is 1. The Morgan fingerprint density at radius 3 is 2.43 bits per heavy atom. The van der Waals surface area contributed by atoms with E-state index in [9.17, 15) is 4.79 Å². The fourth-order valence-corrected chi connectivity index (χ4v) is 1.66. The molecule has 2 heteroatoms. The fourth-order valence-electron chi connectivity index (χ4n) is 1.66. The van der Waals surface area contributed by atoms with Crippen LogP contribution in [0.4, 0.5) is 0 Å². The molecule has 0 unspecified atom stereocenters. The Labute approximate surface area is 83.2 Å². The van der Waals surface area contributed by atoms with E-state index in [-0.39, 0.29) is 18.0 Å². The third-order valence-electron chi connectivity index (χ3n) is 2.63. The molecule has 0 spiro atoms. The van der Waals surface area contributed by atoms with E-state index in [0.29, 0.717) is 5.57 Å². The summed E-state index contributed by atoms with van der Waals surface area (Å²) in [6.45, 7) is 5.68. The lowest BCUT2D eigenvalue weighted by Crippen LogP contribution is -2.03. The summed E-state index contributed by atoms with van der Waals surface area (Å²) in [5.41, 5.74) is 1.60. The van der Waals surface area contributed by atoms with Crippen LogP contribution in [0.15, 0.2) is 42.5 Å². The van der Waals surface area contributed by atoms with Gasteiger partial charge in [-0.1, -0.05) is 43.8 Å². The van der Waals surface area contributed by atoms with E-state index in [4.69, 9.17) is 4.74 Å². The second-order valence-corrected chi connectivity index (χ2v) is 3.55. The van der Waals surface area contributed by atoms with Crippen molar-refractivity contribution in [3.63, 3.8) is 0 Å². The Kier molecular flexibility index (Phi) is 2.12. The second-order valence-electron chi connectivity index (χ2n) is 3.55. The Balaban J connectivity index is 2.30. The smallest absolute Gasteiger partial charge is 0.334 e.